The number of hydrogen-bond donors (Lipinski definition) is 0. The number of benzene rings is 1. The third kappa shape index (κ3) is 1.40. The Hall–Kier alpha value is -1.09. The summed E-state index contributed by atoms with van der Waals surface area (Å²) in [7, 11) is 0. The van der Waals surface area contributed by atoms with Crippen molar-refractivity contribution < 1.29 is 4.42 Å². The fraction of sp³-hybridized carbons (Fsp3) is 0.100. The molecule has 2 nitrogen and oxygen atoms in total. The van der Waals surface area contributed by atoms with Crippen molar-refractivity contribution in [3.05, 3.63) is 44.9 Å². The van der Waals surface area contributed by atoms with Gasteiger partial charge in [0.15, 0.2) is 0 Å². The fourth-order valence-electron chi connectivity index (χ4n) is 1.32. The van der Waals surface area contributed by atoms with Crippen LogP contribution in [0.4, 0.5) is 0 Å². The molecule has 0 radical (unpaired) electrons. The second kappa shape index (κ2) is 3.00. The van der Waals surface area contributed by atoms with Gasteiger partial charge in [0, 0.05) is 4.47 Å². The van der Waals surface area contributed by atoms with Gasteiger partial charge in [-0.3, -0.25) is 0 Å². The van der Waals surface area contributed by atoms with Crippen LogP contribution in [0.3, 0.4) is 0 Å². The van der Waals surface area contributed by atoms with Gasteiger partial charge in [-0.1, -0.05) is 12.1 Å². The number of hydrogen-bond acceptors (Lipinski definition) is 2. The predicted octanol–water partition coefficient (Wildman–Crippen LogP) is 2.86. The summed E-state index contributed by atoms with van der Waals surface area (Å²) in [6.07, 6.45) is 0. The molecular formula is C10H7BrO2. The lowest BCUT2D eigenvalue weighted by atomic mass is 10.2. The highest BCUT2D eigenvalue weighted by Crippen LogP contribution is 2.20. The van der Waals surface area contributed by atoms with Crippen LogP contribution in [0.1, 0.15) is 5.76 Å². The van der Waals surface area contributed by atoms with Crippen molar-refractivity contribution in [3.63, 3.8) is 0 Å². The molecule has 0 unspecified atom stereocenters. The highest BCUT2D eigenvalue weighted by molar-refractivity contribution is 9.10. The van der Waals surface area contributed by atoms with Crippen molar-refractivity contribution >= 4 is 26.7 Å². The van der Waals surface area contributed by atoms with Crippen LogP contribution in [0.15, 0.2) is 37.9 Å². The maximum absolute atomic E-state index is 11.4. The van der Waals surface area contributed by atoms with Crippen LogP contribution in [0.25, 0.3) is 10.8 Å². The van der Waals surface area contributed by atoms with Gasteiger partial charge in [0.05, 0.1) is 5.39 Å². The summed E-state index contributed by atoms with van der Waals surface area (Å²) in [5.74, 6) is 0.635. The third-order valence-corrected chi connectivity index (χ3v) is 2.52. The quantitative estimate of drug-likeness (QED) is 0.707. The highest BCUT2D eigenvalue weighted by atomic mass is 79.9. The molecule has 0 aliphatic heterocycles. The van der Waals surface area contributed by atoms with E-state index in [9.17, 15) is 4.79 Å². The summed E-state index contributed by atoms with van der Waals surface area (Å²) in [6, 6.07) is 7.46. The maximum Gasteiger partial charge on any atom is 0.344 e. The van der Waals surface area contributed by atoms with E-state index in [1.54, 1.807) is 6.92 Å². The van der Waals surface area contributed by atoms with Crippen LogP contribution in [-0.2, 0) is 0 Å². The van der Waals surface area contributed by atoms with Crippen LogP contribution in [0, 0.1) is 6.92 Å². The molecule has 0 saturated heterocycles. The van der Waals surface area contributed by atoms with Crippen LogP contribution >= 0.6 is 15.9 Å². The standard InChI is InChI=1S/C10H7BrO2/c1-6-5-7-3-2-4-8(11)9(7)10(12)13-6/h2-5H,1H3. The monoisotopic (exact) mass is 238 g/mol. The Kier molecular flexibility index (Phi) is 1.96. The normalized spacial score (nSPS) is 10.6. The average molecular weight is 239 g/mol. The smallest absolute Gasteiger partial charge is 0.344 e. The lowest BCUT2D eigenvalue weighted by Gasteiger charge is -1.98. The summed E-state index contributed by atoms with van der Waals surface area (Å²) < 4.78 is 5.76. The van der Waals surface area contributed by atoms with E-state index in [0.29, 0.717) is 11.1 Å². The first kappa shape index (κ1) is 8.51. The van der Waals surface area contributed by atoms with E-state index in [1.165, 1.54) is 0 Å². The summed E-state index contributed by atoms with van der Waals surface area (Å²) in [5, 5.41) is 1.51. The second-order valence-corrected chi connectivity index (χ2v) is 3.70. The van der Waals surface area contributed by atoms with E-state index in [0.717, 1.165) is 9.86 Å². The van der Waals surface area contributed by atoms with E-state index in [1.807, 2.05) is 24.3 Å². The molecular weight excluding hydrogens is 232 g/mol. The number of halogens is 1. The summed E-state index contributed by atoms with van der Waals surface area (Å²) in [5.41, 5.74) is -0.289. The molecule has 2 rings (SSSR count). The lowest BCUT2D eigenvalue weighted by Crippen LogP contribution is -2.00. The van der Waals surface area contributed by atoms with Crippen molar-refractivity contribution in [3.8, 4) is 0 Å². The van der Waals surface area contributed by atoms with Crippen molar-refractivity contribution in [1.29, 1.82) is 0 Å². The zero-order valence-corrected chi connectivity index (χ0v) is 8.59. The molecule has 0 spiro atoms. The number of rotatable bonds is 0. The summed E-state index contributed by atoms with van der Waals surface area (Å²) in [4.78, 5) is 11.4. The van der Waals surface area contributed by atoms with Gasteiger partial charge in [0.25, 0.3) is 0 Å². The van der Waals surface area contributed by atoms with Gasteiger partial charge in [-0.2, -0.15) is 0 Å². The van der Waals surface area contributed by atoms with E-state index in [4.69, 9.17) is 4.42 Å². The molecule has 3 heteroatoms. The fourth-order valence-corrected chi connectivity index (χ4v) is 1.87. The zero-order valence-electron chi connectivity index (χ0n) is 7.00. The molecule has 1 aromatic heterocycles. The Morgan fingerprint density at radius 2 is 2.15 bits per heavy atom. The molecule has 0 atom stereocenters. The summed E-state index contributed by atoms with van der Waals surface area (Å²) in [6.45, 7) is 1.77. The molecule has 0 amide bonds. The van der Waals surface area contributed by atoms with E-state index in [2.05, 4.69) is 15.9 Å². The first-order chi connectivity index (χ1) is 6.18. The Labute approximate surface area is 83.3 Å². The summed E-state index contributed by atoms with van der Waals surface area (Å²) >= 11 is 3.31. The molecule has 0 fully saturated rings. The SMILES string of the molecule is Cc1cc2cccc(Br)c2c(=O)o1. The Morgan fingerprint density at radius 1 is 1.38 bits per heavy atom. The Bertz CT molecular complexity index is 514. The highest BCUT2D eigenvalue weighted by Gasteiger charge is 2.04. The number of aryl methyl sites for hydroxylation is 1. The van der Waals surface area contributed by atoms with Gasteiger partial charge in [-0.05, 0) is 40.4 Å². The van der Waals surface area contributed by atoms with E-state index >= 15 is 0 Å². The molecule has 0 aliphatic rings. The number of fused-ring (bicyclic) bond motifs is 1. The molecule has 0 aliphatic carbocycles. The van der Waals surface area contributed by atoms with Gasteiger partial charge in [0.2, 0.25) is 0 Å². The molecule has 1 heterocycles. The van der Waals surface area contributed by atoms with E-state index in [-0.39, 0.29) is 5.63 Å². The lowest BCUT2D eigenvalue weighted by molar-refractivity contribution is 0.488. The zero-order chi connectivity index (χ0) is 9.42. The minimum atomic E-state index is -0.289. The third-order valence-electron chi connectivity index (χ3n) is 1.86. The van der Waals surface area contributed by atoms with Crippen molar-refractivity contribution in [2.75, 3.05) is 0 Å². The minimum Gasteiger partial charge on any atom is -0.428 e. The van der Waals surface area contributed by atoms with Crippen LogP contribution in [-0.4, -0.2) is 0 Å². The second-order valence-electron chi connectivity index (χ2n) is 2.85. The first-order valence-corrected chi connectivity index (χ1v) is 4.67. The molecule has 0 saturated carbocycles. The first-order valence-electron chi connectivity index (χ1n) is 3.87. The van der Waals surface area contributed by atoms with Crippen molar-refractivity contribution in [2.45, 2.75) is 6.92 Å². The van der Waals surface area contributed by atoms with E-state index < -0.39 is 0 Å². The largest absolute Gasteiger partial charge is 0.428 e. The molecule has 13 heavy (non-hydrogen) atoms. The Morgan fingerprint density at radius 3 is 2.92 bits per heavy atom. The Balaban J connectivity index is 3.03. The topological polar surface area (TPSA) is 30.2 Å². The van der Waals surface area contributed by atoms with Crippen molar-refractivity contribution in [1.82, 2.24) is 0 Å². The molecule has 0 bridgehead atoms. The molecule has 1 aromatic carbocycles. The van der Waals surface area contributed by atoms with Gasteiger partial charge in [-0.15, -0.1) is 0 Å². The van der Waals surface area contributed by atoms with Gasteiger partial charge in [-0.25, -0.2) is 4.79 Å². The van der Waals surface area contributed by atoms with Gasteiger partial charge >= 0.3 is 5.63 Å². The van der Waals surface area contributed by atoms with Gasteiger partial charge < -0.3 is 4.42 Å². The van der Waals surface area contributed by atoms with Crippen molar-refractivity contribution in [2.24, 2.45) is 0 Å². The minimum absolute atomic E-state index is 0.289. The molecule has 66 valence electrons. The molecule has 2 aromatic rings. The van der Waals surface area contributed by atoms with Crippen LogP contribution < -0.4 is 5.63 Å². The van der Waals surface area contributed by atoms with Crippen LogP contribution in [0.5, 0.6) is 0 Å². The van der Waals surface area contributed by atoms with Gasteiger partial charge in [0.1, 0.15) is 5.76 Å². The van der Waals surface area contributed by atoms with Crippen LogP contribution in [0.2, 0.25) is 0 Å². The molecule has 0 N–H and O–H groups in total. The average Bonchev–Trinajstić information content (AvgIpc) is 2.02. The maximum atomic E-state index is 11.4. The predicted molar refractivity (Wildman–Crippen MR) is 54.9 cm³/mol.